The predicted octanol–water partition coefficient (Wildman–Crippen LogP) is 0.210. The van der Waals surface area contributed by atoms with Gasteiger partial charge < -0.3 is 16.0 Å². The summed E-state index contributed by atoms with van der Waals surface area (Å²) in [6.07, 6.45) is -1.79. The van der Waals surface area contributed by atoms with Gasteiger partial charge in [0.15, 0.2) is 0 Å². The van der Waals surface area contributed by atoms with Crippen molar-refractivity contribution in [2.24, 2.45) is 5.73 Å². The van der Waals surface area contributed by atoms with Crippen molar-refractivity contribution in [3.05, 3.63) is 12.4 Å². The summed E-state index contributed by atoms with van der Waals surface area (Å²) in [6.45, 7) is -0.804. The number of rotatable bonds is 2. The smallest absolute Gasteiger partial charge is 0.369 e. The molecule has 0 fully saturated rings. The second-order valence-corrected chi connectivity index (χ2v) is 2.52. The third-order valence-corrected chi connectivity index (χ3v) is 1.54. The molecule has 1 rings (SSSR count). The maximum atomic E-state index is 11.9. The Morgan fingerprint density at radius 2 is 2.17 bits per heavy atom. The molecule has 0 saturated heterocycles. The summed E-state index contributed by atoms with van der Waals surface area (Å²) in [7, 11) is 0. The van der Waals surface area contributed by atoms with Crippen LogP contribution in [0.2, 0.25) is 0 Å². The summed E-state index contributed by atoms with van der Waals surface area (Å²) >= 11 is 0. The maximum Gasteiger partial charge on any atom is 0.405 e. The van der Waals surface area contributed by atoms with Crippen molar-refractivity contribution in [3.8, 4) is 0 Å². The molecule has 6 heteroatoms. The molecule has 0 spiro atoms. The quantitative estimate of drug-likeness (QED) is 0.639. The molecule has 0 amide bonds. The van der Waals surface area contributed by atoms with Crippen LogP contribution in [0.1, 0.15) is 0 Å². The fraction of sp³-hybridized carbons (Fsp3) is 0.667. The molecule has 1 aliphatic rings. The zero-order chi connectivity index (χ0) is 9.19. The lowest BCUT2D eigenvalue weighted by molar-refractivity contribution is -0.143. The fourth-order valence-corrected chi connectivity index (χ4v) is 1.02. The fourth-order valence-electron chi connectivity index (χ4n) is 1.02. The topological polar surface area (TPSA) is 41.3 Å². The third kappa shape index (κ3) is 2.30. The van der Waals surface area contributed by atoms with Crippen molar-refractivity contribution >= 4 is 0 Å². The van der Waals surface area contributed by atoms with Gasteiger partial charge in [0.05, 0.1) is 0 Å². The van der Waals surface area contributed by atoms with Crippen LogP contribution in [0.25, 0.3) is 0 Å². The van der Waals surface area contributed by atoms with E-state index in [2.05, 4.69) is 5.32 Å². The monoisotopic (exact) mass is 181 g/mol. The molecule has 3 N–H and O–H groups in total. The number of nitrogens with zero attached hydrogens (tertiary/aromatic N) is 1. The average molecular weight is 181 g/mol. The molecule has 0 radical (unpaired) electrons. The minimum Gasteiger partial charge on any atom is -0.369 e. The van der Waals surface area contributed by atoms with Crippen molar-refractivity contribution < 1.29 is 13.2 Å². The zero-order valence-electron chi connectivity index (χ0n) is 6.30. The van der Waals surface area contributed by atoms with Crippen LogP contribution in [0.5, 0.6) is 0 Å². The van der Waals surface area contributed by atoms with Gasteiger partial charge in [0, 0.05) is 18.9 Å². The van der Waals surface area contributed by atoms with Crippen LogP contribution in [0.15, 0.2) is 12.4 Å². The zero-order valence-corrected chi connectivity index (χ0v) is 6.30. The van der Waals surface area contributed by atoms with E-state index < -0.39 is 18.9 Å². The van der Waals surface area contributed by atoms with Gasteiger partial charge in [-0.2, -0.15) is 13.2 Å². The Labute approximate surface area is 68.0 Å². The Morgan fingerprint density at radius 1 is 1.50 bits per heavy atom. The van der Waals surface area contributed by atoms with Crippen molar-refractivity contribution in [1.82, 2.24) is 10.2 Å². The predicted molar refractivity (Wildman–Crippen MR) is 37.9 cm³/mol. The van der Waals surface area contributed by atoms with Crippen molar-refractivity contribution in [1.29, 1.82) is 0 Å². The van der Waals surface area contributed by atoms with Gasteiger partial charge in [0.1, 0.15) is 12.7 Å². The molecule has 1 atom stereocenters. The molecule has 0 saturated carbocycles. The Hall–Kier alpha value is -0.910. The molecule has 1 unspecified atom stereocenters. The third-order valence-electron chi connectivity index (χ3n) is 1.54. The van der Waals surface area contributed by atoms with E-state index in [9.17, 15) is 13.2 Å². The molecule has 0 aromatic heterocycles. The summed E-state index contributed by atoms with van der Waals surface area (Å²) in [5, 5.41) is 2.70. The molecule has 3 nitrogen and oxygen atoms in total. The van der Waals surface area contributed by atoms with Crippen LogP contribution in [0.3, 0.4) is 0 Å². The van der Waals surface area contributed by atoms with Crippen molar-refractivity contribution in [3.63, 3.8) is 0 Å². The van der Waals surface area contributed by atoms with Gasteiger partial charge in [-0.1, -0.05) is 0 Å². The van der Waals surface area contributed by atoms with E-state index in [1.807, 2.05) is 0 Å². The largest absolute Gasteiger partial charge is 0.405 e. The van der Waals surface area contributed by atoms with E-state index in [4.69, 9.17) is 5.73 Å². The van der Waals surface area contributed by atoms with Gasteiger partial charge >= 0.3 is 6.18 Å². The minimum absolute atomic E-state index is 0.156. The van der Waals surface area contributed by atoms with Crippen LogP contribution in [-0.2, 0) is 0 Å². The summed E-state index contributed by atoms with van der Waals surface area (Å²) in [5.74, 6) is 0. The first-order chi connectivity index (χ1) is 5.53. The number of halogens is 3. The molecule has 12 heavy (non-hydrogen) atoms. The second kappa shape index (κ2) is 3.22. The van der Waals surface area contributed by atoms with E-state index in [1.54, 1.807) is 0 Å². The average Bonchev–Trinajstić information content (AvgIpc) is 2.31. The van der Waals surface area contributed by atoms with Crippen LogP contribution in [0, 0.1) is 0 Å². The first-order valence-corrected chi connectivity index (χ1v) is 3.48. The standard InChI is InChI=1S/C6H10F3N3/c7-6(8,9)4-12-2-1-11-5(12)3-10/h1-2,5,11H,3-4,10H2. The number of hydrogen-bond acceptors (Lipinski definition) is 3. The molecular formula is C6H10F3N3. The maximum absolute atomic E-state index is 11.9. The molecule has 0 aromatic rings. The Morgan fingerprint density at radius 3 is 2.67 bits per heavy atom. The van der Waals surface area contributed by atoms with Gasteiger partial charge in [0.25, 0.3) is 0 Å². The number of nitrogens with one attached hydrogen (secondary N) is 1. The lowest BCUT2D eigenvalue weighted by atomic mass is 10.4. The highest BCUT2D eigenvalue weighted by Gasteiger charge is 2.33. The highest BCUT2D eigenvalue weighted by Crippen LogP contribution is 2.18. The normalized spacial score (nSPS) is 23.0. The molecular weight excluding hydrogens is 171 g/mol. The molecule has 0 aromatic carbocycles. The summed E-state index contributed by atoms with van der Waals surface area (Å²) in [6, 6.07) is 0. The Kier molecular flexibility index (Phi) is 2.46. The SMILES string of the molecule is NCC1NC=CN1CC(F)(F)F. The first-order valence-electron chi connectivity index (χ1n) is 3.48. The summed E-state index contributed by atoms with van der Waals surface area (Å²) in [4.78, 5) is 1.12. The Balaban J connectivity index is 2.46. The lowest BCUT2D eigenvalue weighted by Gasteiger charge is -2.25. The number of hydrogen-bond donors (Lipinski definition) is 2. The molecule has 0 aliphatic carbocycles. The number of nitrogens with two attached hydrogens (primary N) is 1. The van der Waals surface area contributed by atoms with Gasteiger partial charge in [-0.3, -0.25) is 0 Å². The van der Waals surface area contributed by atoms with Crippen LogP contribution in [-0.4, -0.2) is 30.3 Å². The lowest BCUT2D eigenvalue weighted by Crippen LogP contribution is -2.45. The van der Waals surface area contributed by atoms with E-state index in [-0.39, 0.29) is 6.54 Å². The van der Waals surface area contributed by atoms with Crippen LogP contribution >= 0.6 is 0 Å². The summed E-state index contributed by atoms with van der Waals surface area (Å²) < 4.78 is 35.6. The minimum atomic E-state index is -4.18. The van der Waals surface area contributed by atoms with E-state index in [0.717, 1.165) is 4.90 Å². The van der Waals surface area contributed by atoms with Gasteiger partial charge in [0.2, 0.25) is 0 Å². The van der Waals surface area contributed by atoms with E-state index in [0.29, 0.717) is 0 Å². The van der Waals surface area contributed by atoms with Gasteiger partial charge in [-0.05, 0) is 0 Å². The second-order valence-electron chi connectivity index (χ2n) is 2.52. The van der Waals surface area contributed by atoms with Crippen LogP contribution < -0.4 is 11.1 Å². The highest BCUT2D eigenvalue weighted by atomic mass is 19.4. The summed E-state index contributed by atoms with van der Waals surface area (Å²) in [5.41, 5.74) is 5.23. The first kappa shape index (κ1) is 9.18. The molecule has 0 bridgehead atoms. The van der Waals surface area contributed by atoms with Crippen molar-refractivity contribution in [2.45, 2.75) is 12.3 Å². The van der Waals surface area contributed by atoms with Gasteiger partial charge in [-0.15, -0.1) is 0 Å². The molecule has 1 heterocycles. The molecule has 70 valence electrons. The van der Waals surface area contributed by atoms with Crippen LogP contribution in [0.4, 0.5) is 13.2 Å². The highest BCUT2D eigenvalue weighted by molar-refractivity contribution is 4.95. The van der Waals surface area contributed by atoms with Gasteiger partial charge in [-0.25, -0.2) is 0 Å². The van der Waals surface area contributed by atoms with Crippen molar-refractivity contribution in [2.75, 3.05) is 13.1 Å². The Bertz CT molecular complexity index is 177. The van der Waals surface area contributed by atoms with E-state index in [1.165, 1.54) is 12.4 Å². The van der Waals surface area contributed by atoms with E-state index >= 15 is 0 Å². The number of alkyl halides is 3. The molecule has 1 aliphatic heterocycles.